The van der Waals surface area contributed by atoms with Crippen LogP contribution in [0.5, 0.6) is 0 Å². The van der Waals surface area contributed by atoms with E-state index in [9.17, 15) is 0 Å². The summed E-state index contributed by atoms with van der Waals surface area (Å²) in [5.74, 6) is 0. The van der Waals surface area contributed by atoms with Gasteiger partial charge in [-0.25, -0.2) is 0 Å². The van der Waals surface area contributed by atoms with E-state index in [4.69, 9.17) is 4.74 Å². The van der Waals surface area contributed by atoms with Crippen LogP contribution in [0.1, 0.15) is 43.9 Å². The number of hydrogen-bond acceptors (Lipinski definition) is 2. The van der Waals surface area contributed by atoms with E-state index in [1.54, 1.807) is 7.11 Å². The minimum atomic E-state index is 0.492. The van der Waals surface area contributed by atoms with Gasteiger partial charge >= 0.3 is 0 Å². The molecule has 0 aliphatic rings. The number of ether oxygens (including phenoxy) is 1. The van der Waals surface area contributed by atoms with Crippen LogP contribution in [0.25, 0.3) is 0 Å². The van der Waals surface area contributed by atoms with E-state index in [0.717, 1.165) is 26.0 Å². The molecule has 0 aliphatic heterocycles. The average Bonchev–Trinajstić information content (AvgIpc) is 2.38. The zero-order valence-corrected chi connectivity index (χ0v) is 11.3. The van der Waals surface area contributed by atoms with Crippen molar-refractivity contribution in [3.05, 3.63) is 35.4 Å². The van der Waals surface area contributed by atoms with E-state index in [1.807, 2.05) is 0 Å². The fourth-order valence-corrected chi connectivity index (χ4v) is 1.95. The molecule has 96 valence electrons. The van der Waals surface area contributed by atoms with Gasteiger partial charge in [0, 0.05) is 13.2 Å². The molecule has 0 amide bonds. The van der Waals surface area contributed by atoms with E-state index >= 15 is 0 Å². The van der Waals surface area contributed by atoms with Crippen LogP contribution in [-0.2, 0) is 11.2 Å². The van der Waals surface area contributed by atoms with Crippen LogP contribution in [0.4, 0.5) is 0 Å². The maximum atomic E-state index is 5.09. The van der Waals surface area contributed by atoms with Gasteiger partial charge in [0.1, 0.15) is 0 Å². The van der Waals surface area contributed by atoms with Gasteiger partial charge in [-0.1, -0.05) is 38.1 Å². The molecular formula is C15H25NO. The summed E-state index contributed by atoms with van der Waals surface area (Å²) in [6, 6.07) is 9.39. The first kappa shape index (κ1) is 14.2. The first-order valence-corrected chi connectivity index (χ1v) is 6.63. The summed E-state index contributed by atoms with van der Waals surface area (Å²) in [7, 11) is 1.75. The normalized spacial score (nSPS) is 12.6. The fraction of sp³-hybridized carbons (Fsp3) is 0.600. The summed E-state index contributed by atoms with van der Waals surface area (Å²) in [5, 5.41) is 3.57. The Morgan fingerprint density at radius 3 is 2.41 bits per heavy atom. The zero-order valence-electron chi connectivity index (χ0n) is 11.3. The molecule has 17 heavy (non-hydrogen) atoms. The lowest BCUT2D eigenvalue weighted by atomic mass is 10.0. The summed E-state index contributed by atoms with van der Waals surface area (Å²) in [6.07, 6.45) is 3.32. The molecule has 1 aromatic carbocycles. The first-order chi connectivity index (χ1) is 8.31. The molecule has 1 aromatic rings. The lowest BCUT2D eigenvalue weighted by Crippen LogP contribution is -2.21. The van der Waals surface area contributed by atoms with Crippen molar-refractivity contribution in [2.45, 2.75) is 39.2 Å². The van der Waals surface area contributed by atoms with Crippen molar-refractivity contribution in [3.8, 4) is 0 Å². The lowest BCUT2D eigenvalue weighted by Gasteiger charge is -2.17. The van der Waals surface area contributed by atoms with Gasteiger partial charge in [0.05, 0.1) is 6.61 Å². The second kappa shape index (κ2) is 8.26. The molecule has 0 saturated heterocycles. The van der Waals surface area contributed by atoms with Crippen molar-refractivity contribution in [1.82, 2.24) is 5.32 Å². The Kier molecular flexibility index (Phi) is 6.90. The molecule has 1 unspecified atom stereocenters. The minimum absolute atomic E-state index is 0.492. The zero-order chi connectivity index (χ0) is 12.5. The second-order valence-corrected chi connectivity index (χ2v) is 4.40. The summed E-state index contributed by atoms with van der Waals surface area (Å²) in [5.41, 5.74) is 2.74. The lowest BCUT2D eigenvalue weighted by molar-refractivity contribution is 0.202. The molecule has 0 heterocycles. The van der Waals surface area contributed by atoms with E-state index in [-0.39, 0.29) is 0 Å². The van der Waals surface area contributed by atoms with Gasteiger partial charge < -0.3 is 10.1 Å². The Balaban J connectivity index is 2.57. The summed E-state index contributed by atoms with van der Waals surface area (Å²) in [4.78, 5) is 0. The molecule has 2 nitrogen and oxygen atoms in total. The molecule has 0 aromatic heterocycles. The van der Waals surface area contributed by atoms with Crippen LogP contribution < -0.4 is 5.32 Å². The molecule has 0 spiro atoms. The molecule has 0 fully saturated rings. The third kappa shape index (κ3) is 4.88. The van der Waals surface area contributed by atoms with Gasteiger partial charge in [0.15, 0.2) is 0 Å². The molecule has 0 bridgehead atoms. The quantitative estimate of drug-likeness (QED) is 0.746. The first-order valence-electron chi connectivity index (χ1n) is 6.63. The van der Waals surface area contributed by atoms with Gasteiger partial charge in [0.2, 0.25) is 0 Å². The Morgan fingerprint density at radius 2 is 1.88 bits per heavy atom. The maximum absolute atomic E-state index is 5.09. The van der Waals surface area contributed by atoms with Crippen LogP contribution >= 0.6 is 0 Å². The van der Waals surface area contributed by atoms with E-state index in [2.05, 4.69) is 43.4 Å². The average molecular weight is 235 g/mol. The Labute approximate surface area is 105 Å². The summed E-state index contributed by atoms with van der Waals surface area (Å²) >= 11 is 0. The van der Waals surface area contributed by atoms with Gasteiger partial charge in [-0.3, -0.25) is 0 Å². The number of hydrogen-bond donors (Lipinski definition) is 1. The highest BCUT2D eigenvalue weighted by molar-refractivity contribution is 5.25. The predicted molar refractivity (Wildman–Crippen MR) is 73.3 cm³/mol. The van der Waals surface area contributed by atoms with Crippen LogP contribution in [0.3, 0.4) is 0 Å². The predicted octanol–water partition coefficient (Wildman–Crippen LogP) is 3.33. The monoisotopic (exact) mass is 235 g/mol. The van der Waals surface area contributed by atoms with E-state index in [1.165, 1.54) is 17.5 Å². The Bertz CT molecular complexity index is 294. The van der Waals surface area contributed by atoms with E-state index < -0.39 is 0 Å². The maximum Gasteiger partial charge on any atom is 0.0502 e. The third-order valence-electron chi connectivity index (χ3n) is 3.03. The van der Waals surface area contributed by atoms with Crippen molar-refractivity contribution in [2.24, 2.45) is 0 Å². The highest BCUT2D eigenvalue weighted by Gasteiger charge is 2.07. The third-order valence-corrected chi connectivity index (χ3v) is 3.03. The largest absolute Gasteiger partial charge is 0.384 e. The molecule has 0 saturated carbocycles. The van der Waals surface area contributed by atoms with Crippen LogP contribution in [0.15, 0.2) is 24.3 Å². The Morgan fingerprint density at radius 1 is 1.18 bits per heavy atom. The van der Waals surface area contributed by atoms with Crippen molar-refractivity contribution in [1.29, 1.82) is 0 Å². The number of rotatable bonds is 8. The van der Waals surface area contributed by atoms with E-state index in [0.29, 0.717) is 6.04 Å². The smallest absolute Gasteiger partial charge is 0.0502 e. The van der Waals surface area contributed by atoms with Gasteiger partial charge in [0.25, 0.3) is 0 Å². The minimum Gasteiger partial charge on any atom is -0.384 e. The molecule has 0 radical (unpaired) electrons. The molecule has 1 atom stereocenters. The highest BCUT2D eigenvalue weighted by atomic mass is 16.5. The Hall–Kier alpha value is -0.860. The van der Waals surface area contributed by atoms with Crippen LogP contribution in [0, 0.1) is 0 Å². The second-order valence-electron chi connectivity index (χ2n) is 4.40. The highest BCUT2D eigenvalue weighted by Crippen LogP contribution is 2.17. The summed E-state index contributed by atoms with van der Waals surface area (Å²) in [6.45, 7) is 6.31. The van der Waals surface area contributed by atoms with Gasteiger partial charge in [-0.05, 0) is 36.9 Å². The van der Waals surface area contributed by atoms with Gasteiger partial charge in [-0.2, -0.15) is 0 Å². The number of benzene rings is 1. The van der Waals surface area contributed by atoms with Crippen LogP contribution in [-0.4, -0.2) is 20.3 Å². The van der Waals surface area contributed by atoms with Crippen molar-refractivity contribution >= 4 is 0 Å². The molecule has 1 N–H and O–H groups in total. The number of methoxy groups -OCH3 is 1. The molecular weight excluding hydrogens is 210 g/mol. The fourth-order valence-electron chi connectivity index (χ4n) is 1.95. The van der Waals surface area contributed by atoms with Crippen molar-refractivity contribution in [3.63, 3.8) is 0 Å². The standard InChI is InChI=1S/C15H25NO/c1-4-11-16-15(5-2)14-8-6-13(7-9-14)10-12-17-3/h6-9,15-16H,4-5,10-12H2,1-3H3. The topological polar surface area (TPSA) is 21.3 Å². The van der Waals surface area contributed by atoms with Crippen molar-refractivity contribution in [2.75, 3.05) is 20.3 Å². The molecule has 2 heteroatoms. The van der Waals surface area contributed by atoms with Gasteiger partial charge in [-0.15, -0.1) is 0 Å². The van der Waals surface area contributed by atoms with Crippen LogP contribution in [0.2, 0.25) is 0 Å². The summed E-state index contributed by atoms with van der Waals surface area (Å²) < 4.78 is 5.09. The SMILES string of the molecule is CCCNC(CC)c1ccc(CCOC)cc1. The molecule has 0 aliphatic carbocycles. The number of nitrogens with one attached hydrogen (secondary N) is 1. The van der Waals surface area contributed by atoms with Crippen molar-refractivity contribution < 1.29 is 4.74 Å². The molecule has 1 rings (SSSR count).